The molecular weight excluding hydrogens is 503 g/mol. The van der Waals surface area contributed by atoms with E-state index in [1.54, 1.807) is 12.1 Å². The molecule has 0 aromatic heterocycles. The molecule has 0 bridgehead atoms. The Bertz CT molecular complexity index is 980. The van der Waals surface area contributed by atoms with E-state index in [4.69, 9.17) is 0 Å². The molecule has 1 fully saturated rings. The van der Waals surface area contributed by atoms with Gasteiger partial charge in [-0.15, -0.1) is 0 Å². The first-order chi connectivity index (χ1) is 13.2. The Balaban J connectivity index is 1.92. The standard InChI is InChI=1S/C18H20F2IN3O3S/c1-11-10-12(21)2-4-15(11)22-18-16(5-3-14(19)17(18)20)23-28(26,27)24-8-6-13(25)7-9-24/h2-5,10,13,22-23,25H,6-9H2,1H3. The molecule has 28 heavy (non-hydrogen) atoms. The van der Waals surface area contributed by atoms with Crippen LogP contribution in [0.1, 0.15) is 18.4 Å². The summed E-state index contributed by atoms with van der Waals surface area (Å²) in [5.74, 6) is -2.26. The first kappa shape index (κ1) is 21.2. The third-order valence-electron chi connectivity index (χ3n) is 4.55. The minimum absolute atomic E-state index is 0.0945. The summed E-state index contributed by atoms with van der Waals surface area (Å²) in [7, 11) is -3.98. The lowest BCUT2D eigenvalue weighted by molar-refractivity contribution is 0.113. The molecule has 1 saturated heterocycles. The lowest BCUT2D eigenvalue weighted by Gasteiger charge is -2.29. The van der Waals surface area contributed by atoms with Crippen molar-refractivity contribution in [3.05, 3.63) is 51.1 Å². The van der Waals surface area contributed by atoms with Crippen LogP contribution in [0.3, 0.4) is 0 Å². The number of aryl methyl sites for hydroxylation is 1. The number of rotatable bonds is 5. The number of nitrogens with zero attached hydrogens (tertiary/aromatic N) is 1. The number of aliphatic hydroxyl groups excluding tert-OH is 1. The molecule has 1 aliphatic heterocycles. The van der Waals surface area contributed by atoms with Crippen molar-refractivity contribution in [3.8, 4) is 0 Å². The molecule has 0 saturated carbocycles. The summed E-state index contributed by atoms with van der Waals surface area (Å²) in [4.78, 5) is 0. The quantitative estimate of drug-likeness (QED) is 0.522. The number of halogens is 3. The zero-order chi connectivity index (χ0) is 20.5. The molecule has 10 heteroatoms. The second kappa shape index (κ2) is 8.47. The van der Waals surface area contributed by atoms with Crippen LogP contribution in [0.25, 0.3) is 0 Å². The average molecular weight is 523 g/mol. The molecule has 2 aromatic rings. The predicted molar refractivity (Wildman–Crippen MR) is 113 cm³/mol. The van der Waals surface area contributed by atoms with E-state index in [-0.39, 0.29) is 24.5 Å². The fourth-order valence-electron chi connectivity index (χ4n) is 2.95. The van der Waals surface area contributed by atoms with Gasteiger partial charge in [-0.05, 0) is 78.3 Å². The Hall–Kier alpha value is -1.50. The summed E-state index contributed by atoms with van der Waals surface area (Å²) >= 11 is 2.14. The summed E-state index contributed by atoms with van der Waals surface area (Å²) < 4.78 is 58.2. The summed E-state index contributed by atoms with van der Waals surface area (Å²) in [6, 6.07) is 7.43. The lowest BCUT2D eigenvalue weighted by atomic mass is 10.1. The van der Waals surface area contributed by atoms with Crippen LogP contribution in [0.4, 0.5) is 25.8 Å². The maximum atomic E-state index is 14.5. The van der Waals surface area contributed by atoms with E-state index in [1.165, 1.54) is 10.4 Å². The molecular formula is C18H20F2IN3O3S. The second-order valence-electron chi connectivity index (χ2n) is 6.61. The monoisotopic (exact) mass is 523 g/mol. The number of hydrogen-bond donors (Lipinski definition) is 3. The van der Waals surface area contributed by atoms with Gasteiger partial charge in [0.05, 0.1) is 11.8 Å². The van der Waals surface area contributed by atoms with Gasteiger partial charge in [-0.25, -0.2) is 8.78 Å². The van der Waals surface area contributed by atoms with Gasteiger partial charge in [-0.1, -0.05) is 0 Å². The molecule has 1 aliphatic rings. The zero-order valence-corrected chi connectivity index (χ0v) is 18.0. The number of anilines is 3. The Morgan fingerprint density at radius 2 is 1.79 bits per heavy atom. The van der Waals surface area contributed by atoms with Gasteiger partial charge < -0.3 is 10.4 Å². The highest BCUT2D eigenvalue weighted by atomic mass is 127. The van der Waals surface area contributed by atoms with Gasteiger partial charge in [0.15, 0.2) is 11.6 Å². The summed E-state index contributed by atoms with van der Waals surface area (Å²) in [6.07, 6.45) is 0.118. The number of piperidine rings is 1. The number of nitrogens with one attached hydrogen (secondary N) is 2. The van der Waals surface area contributed by atoms with Crippen LogP contribution in [0, 0.1) is 22.1 Å². The van der Waals surface area contributed by atoms with Gasteiger partial charge in [0, 0.05) is 22.3 Å². The molecule has 152 valence electrons. The molecule has 0 atom stereocenters. The van der Waals surface area contributed by atoms with E-state index in [9.17, 15) is 22.3 Å². The Morgan fingerprint density at radius 3 is 2.43 bits per heavy atom. The molecule has 1 heterocycles. The van der Waals surface area contributed by atoms with Crippen LogP contribution in [0.2, 0.25) is 0 Å². The number of aliphatic hydroxyl groups is 1. The summed E-state index contributed by atoms with van der Waals surface area (Å²) in [5, 5.41) is 12.4. The van der Waals surface area contributed by atoms with Crippen LogP contribution in [-0.4, -0.2) is 37.0 Å². The third-order valence-corrected chi connectivity index (χ3v) is 6.74. The number of benzene rings is 2. The van der Waals surface area contributed by atoms with Crippen LogP contribution >= 0.6 is 22.6 Å². The minimum atomic E-state index is -3.98. The Labute approximate surface area is 176 Å². The van der Waals surface area contributed by atoms with Crippen molar-refractivity contribution >= 4 is 49.9 Å². The third kappa shape index (κ3) is 4.73. The molecule has 3 rings (SSSR count). The van der Waals surface area contributed by atoms with Crippen LogP contribution in [0.5, 0.6) is 0 Å². The van der Waals surface area contributed by atoms with E-state index in [1.807, 2.05) is 13.0 Å². The van der Waals surface area contributed by atoms with E-state index in [0.29, 0.717) is 18.5 Å². The van der Waals surface area contributed by atoms with Crippen molar-refractivity contribution in [3.63, 3.8) is 0 Å². The molecule has 0 spiro atoms. The van der Waals surface area contributed by atoms with Crippen LogP contribution in [0.15, 0.2) is 30.3 Å². The van der Waals surface area contributed by atoms with Gasteiger partial charge in [-0.2, -0.15) is 12.7 Å². The summed E-state index contributed by atoms with van der Waals surface area (Å²) in [5.41, 5.74) is 0.953. The number of hydrogen-bond acceptors (Lipinski definition) is 4. The molecule has 6 nitrogen and oxygen atoms in total. The highest BCUT2D eigenvalue weighted by Crippen LogP contribution is 2.33. The minimum Gasteiger partial charge on any atom is -0.393 e. The Kier molecular flexibility index (Phi) is 6.42. The van der Waals surface area contributed by atoms with Gasteiger partial charge in [-0.3, -0.25) is 4.72 Å². The molecule has 3 N–H and O–H groups in total. The zero-order valence-electron chi connectivity index (χ0n) is 15.0. The fraction of sp³-hybridized carbons (Fsp3) is 0.333. The van der Waals surface area contributed by atoms with Gasteiger partial charge in [0.2, 0.25) is 0 Å². The first-order valence-electron chi connectivity index (χ1n) is 8.64. The van der Waals surface area contributed by atoms with Gasteiger partial charge in [0.25, 0.3) is 0 Å². The maximum Gasteiger partial charge on any atom is 0.301 e. The molecule has 2 aromatic carbocycles. The molecule has 0 radical (unpaired) electrons. The van der Waals surface area contributed by atoms with E-state index in [2.05, 4.69) is 32.6 Å². The van der Waals surface area contributed by atoms with E-state index < -0.39 is 27.9 Å². The van der Waals surface area contributed by atoms with E-state index >= 15 is 0 Å². The summed E-state index contributed by atoms with van der Waals surface area (Å²) in [6.45, 7) is 2.11. The van der Waals surface area contributed by atoms with Crippen LogP contribution < -0.4 is 10.0 Å². The lowest BCUT2D eigenvalue weighted by Crippen LogP contribution is -2.42. The van der Waals surface area contributed by atoms with Crippen molar-refractivity contribution in [2.75, 3.05) is 23.1 Å². The molecule has 0 aliphatic carbocycles. The first-order valence-corrected chi connectivity index (χ1v) is 11.2. The maximum absolute atomic E-state index is 14.5. The van der Waals surface area contributed by atoms with Crippen molar-refractivity contribution in [2.24, 2.45) is 0 Å². The van der Waals surface area contributed by atoms with Crippen molar-refractivity contribution in [1.82, 2.24) is 4.31 Å². The van der Waals surface area contributed by atoms with Crippen molar-refractivity contribution in [2.45, 2.75) is 25.9 Å². The molecule has 0 unspecified atom stereocenters. The Morgan fingerprint density at radius 1 is 1.14 bits per heavy atom. The second-order valence-corrected chi connectivity index (χ2v) is 9.52. The fourth-order valence-corrected chi connectivity index (χ4v) is 4.86. The van der Waals surface area contributed by atoms with Gasteiger partial charge >= 0.3 is 10.2 Å². The molecule has 0 amide bonds. The van der Waals surface area contributed by atoms with Gasteiger partial charge in [0.1, 0.15) is 5.69 Å². The highest BCUT2D eigenvalue weighted by Gasteiger charge is 2.28. The average Bonchev–Trinajstić information content (AvgIpc) is 2.63. The van der Waals surface area contributed by atoms with Crippen LogP contribution in [-0.2, 0) is 10.2 Å². The van der Waals surface area contributed by atoms with Crippen molar-refractivity contribution < 1.29 is 22.3 Å². The smallest absolute Gasteiger partial charge is 0.301 e. The largest absolute Gasteiger partial charge is 0.393 e. The normalized spacial score (nSPS) is 16.2. The predicted octanol–water partition coefficient (Wildman–Crippen LogP) is 3.73. The van der Waals surface area contributed by atoms with Crippen molar-refractivity contribution in [1.29, 1.82) is 0 Å². The highest BCUT2D eigenvalue weighted by molar-refractivity contribution is 14.1. The topological polar surface area (TPSA) is 81.7 Å². The van der Waals surface area contributed by atoms with E-state index in [0.717, 1.165) is 15.2 Å². The SMILES string of the molecule is Cc1cc(I)ccc1Nc1c(NS(=O)(=O)N2CCC(O)CC2)ccc(F)c1F.